The average molecular weight is 236 g/mol. The lowest BCUT2D eigenvalue weighted by molar-refractivity contribution is 0.417. The molecule has 0 saturated heterocycles. The van der Waals surface area contributed by atoms with E-state index in [1.54, 1.807) is 6.33 Å². The number of hydrogen-bond donors (Lipinski definition) is 1. The molecular weight excluding hydrogens is 212 g/mol. The van der Waals surface area contributed by atoms with Crippen LogP contribution in [0, 0.1) is 12.3 Å². The summed E-state index contributed by atoms with van der Waals surface area (Å²) in [7, 11) is 2.08. The van der Waals surface area contributed by atoms with Gasteiger partial charge < -0.3 is 10.2 Å². The third-order valence-corrected chi connectivity index (χ3v) is 2.47. The number of rotatable bonds is 4. The molecule has 0 aliphatic carbocycles. The lowest BCUT2D eigenvalue weighted by atomic mass is 9.96. The van der Waals surface area contributed by atoms with Crippen LogP contribution in [0.25, 0.3) is 0 Å². The number of hydrogen-bond acceptors (Lipinski definition) is 4. The van der Waals surface area contributed by atoms with Gasteiger partial charge in [0.25, 0.3) is 0 Å². The molecule has 0 amide bonds. The van der Waals surface area contributed by atoms with Crippen LogP contribution in [0.2, 0.25) is 0 Å². The van der Waals surface area contributed by atoms with Crippen molar-refractivity contribution in [2.45, 2.75) is 34.6 Å². The fourth-order valence-electron chi connectivity index (χ4n) is 1.96. The Morgan fingerprint density at radius 3 is 2.47 bits per heavy atom. The maximum Gasteiger partial charge on any atom is 0.136 e. The number of anilines is 2. The van der Waals surface area contributed by atoms with Crippen LogP contribution in [0.5, 0.6) is 0 Å². The molecule has 0 aromatic carbocycles. The molecule has 0 radical (unpaired) electrons. The van der Waals surface area contributed by atoms with Crippen molar-refractivity contribution < 1.29 is 0 Å². The van der Waals surface area contributed by atoms with Gasteiger partial charge in [-0.25, -0.2) is 9.97 Å². The zero-order valence-corrected chi connectivity index (χ0v) is 11.8. The number of nitrogens with one attached hydrogen (secondary N) is 1. The van der Waals surface area contributed by atoms with Gasteiger partial charge in [0.1, 0.15) is 18.0 Å². The summed E-state index contributed by atoms with van der Waals surface area (Å²) in [5.74, 6) is 1.93. The molecule has 1 rings (SSSR count). The maximum absolute atomic E-state index is 4.38. The third kappa shape index (κ3) is 3.88. The first-order valence-corrected chi connectivity index (χ1v) is 6.11. The first-order chi connectivity index (χ1) is 7.85. The minimum absolute atomic E-state index is 0.254. The van der Waals surface area contributed by atoms with Crippen LogP contribution in [0.3, 0.4) is 0 Å². The van der Waals surface area contributed by atoms with Gasteiger partial charge in [-0.3, -0.25) is 0 Å². The molecule has 0 aliphatic rings. The Morgan fingerprint density at radius 2 is 1.94 bits per heavy atom. The molecule has 0 unspecified atom stereocenters. The van der Waals surface area contributed by atoms with Gasteiger partial charge in [-0.05, 0) is 19.3 Å². The lowest BCUT2D eigenvalue weighted by Crippen LogP contribution is -2.30. The minimum atomic E-state index is 0.254. The molecule has 1 heterocycles. The Kier molecular flexibility index (Phi) is 4.32. The fourth-order valence-corrected chi connectivity index (χ4v) is 1.96. The molecule has 0 atom stereocenters. The maximum atomic E-state index is 4.38. The summed E-state index contributed by atoms with van der Waals surface area (Å²) in [5.41, 5.74) is 1.37. The predicted octanol–water partition coefficient (Wildman–Crippen LogP) is 2.70. The van der Waals surface area contributed by atoms with Crippen LogP contribution in [0.1, 0.15) is 33.3 Å². The van der Waals surface area contributed by atoms with Crippen LogP contribution in [-0.2, 0) is 0 Å². The molecule has 1 aromatic heterocycles. The van der Waals surface area contributed by atoms with Crippen molar-refractivity contribution in [3.8, 4) is 0 Å². The minimum Gasteiger partial charge on any atom is -0.370 e. The quantitative estimate of drug-likeness (QED) is 0.872. The smallest absolute Gasteiger partial charge is 0.136 e. The largest absolute Gasteiger partial charge is 0.370 e. The van der Waals surface area contributed by atoms with Gasteiger partial charge >= 0.3 is 0 Å². The van der Waals surface area contributed by atoms with Gasteiger partial charge in [0.15, 0.2) is 0 Å². The molecule has 1 aromatic rings. The van der Waals surface area contributed by atoms with E-state index < -0.39 is 0 Å². The molecule has 0 saturated carbocycles. The van der Waals surface area contributed by atoms with Crippen molar-refractivity contribution in [3.05, 3.63) is 11.9 Å². The van der Waals surface area contributed by atoms with E-state index >= 15 is 0 Å². The Labute approximate surface area is 104 Å². The van der Waals surface area contributed by atoms with Gasteiger partial charge in [0, 0.05) is 25.7 Å². The van der Waals surface area contributed by atoms with E-state index in [4.69, 9.17) is 0 Å². The summed E-state index contributed by atoms with van der Waals surface area (Å²) in [4.78, 5) is 10.8. The zero-order valence-electron chi connectivity index (χ0n) is 11.8. The van der Waals surface area contributed by atoms with E-state index in [1.807, 2.05) is 0 Å². The lowest BCUT2D eigenvalue weighted by Gasteiger charge is -2.28. The van der Waals surface area contributed by atoms with E-state index in [-0.39, 0.29) is 5.41 Å². The summed E-state index contributed by atoms with van der Waals surface area (Å²) in [6.45, 7) is 12.7. The van der Waals surface area contributed by atoms with Crippen molar-refractivity contribution in [2.75, 3.05) is 30.4 Å². The molecule has 4 heteroatoms. The Morgan fingerprint density at radius 1 is 1.29 bits per heavy atom. The highest BCUT2D eigenvalue weighted by atomic mass is 15.2. The Balaban J connectivity index is 2.94. The van der Waals surface area contributed by atoms with Crippen molar-refractivity contribution in [1.29, 1.82) is 0 Å². The molecule has 0 bridgehead atoms. The second-order valence-electron chi connectivity index (χ2n) is 5.62. The number of nitrogens with zero attached hydrogens (tertiary/aromatic N) is 3. The van der Waals surface area contributed by atoms with Gasteiger partial charge in [-0.1, -0.05) is 20.8 Å². The molecule has 0 aliphatic heterocycles. The molecular formula is C13H24N4. The summed E-state index contributed by atoms with van der Waals surface area (Å²) in [6, 6.07) is 0. The van der Waals surface area contributed by atoms with Crippen LogP contribution in [-0.4, -0.2) is 30.1 Å². The van der Waals surface area contributed by atoms with E-state index in [1.165, 1.54) is 0 Å². The normalized spacial score (nSPS) is 11.4. The fraction of sp³-hybridized carbons (Fsp3) is 0.692. The van der Waals surface area contributed by atoms with E-state index in [0.717, 1.165) is 30.3 Å². The van der Waals surface area contributed by atoms with Crippen molar-refractivity contribution >= 4 is 11.6 Å². The first kappa shape index (κ1) is 13.7. The molecule has 0 spiro atoms. The monoisotopic (exact) mass is 236 g/mol. The van der Waals surface area contributed by atoms with Crippen molar-refractivity contribution in [1.82, 2.24) is 9.97 Å². The summed E-state index contributed by atoms with van der Waals surface area (Å²) in [6.07, 6.45) is 1.62. The van der Waals surface area contributed by atoms with Crippen LogP contribution in [0.15, 0.2) is 6.33 Å². The summed E-state index contributed by atoms with van der Waals surface area (Å²) >= 11 is 0. The standard InChI is InChI=1S/C13H24N4/c1-7-14-11-10(2)12(16-9-15-11)17(6)8-13(3,4)5/h9H,7-8H2,1-6H3,(H,14,15,16). The van der Waals surface area contributed by atoms with E-state index in [0.29, 0.717) is 0 Å². The molecule has 4 nitrogen and oxygen atoms in total. The molecule has 96 valence electrons. The zero-order chi connectivity index (χ0) is 13.1. The van der Waals surface area contributed by atoms with Gasteiger partial charge in [0.05, 0.1) is 0 Å². The predicted molar refractivity (Wildman–Crippen MR) is 73.7 cm³/mol. The number of aromatic nitrogens is 2. The van der Waals surface area contributed by atoms with Crippen LogP contribution >= 0.6 is 0 Å². The van der Waals surface area contributed by atoms with Gasteiger partial charge in [-0.2, -0.15) is 0 Å². The first-order valence-electron chi connectivity index (χ1n) is 6.11. The Hall–Kier alpha value is -1.32. The van der Waals surface area contributed by atoms with E-state index in [2.05, 4.69) is 61.9 Å². The molecule has 0 fully saturated rings. The van der Waals surface area contributed by atoms with Crippen molar-refractivity contribution in [2.24, 2.45) is 5.41 Å². The third-order valence-electron chi connectivity index (χ3n) is 2.47. The molecule has 17 heavy (non-hydrogen) atoms. The highest BCUT2D eigenvalue weighted by Crippen LogP contribution is 2.24. The van der Waals surface area contributed by atoms with Crippen LogP contribution < -0.4 is 10.2 Å². The van der Waals surface area contributed by atoms with Gasteiger partial charge in [0.2, 0.25) is 0 Å². The topological polar surface area (TPSA) is 41.1 Å². The van der Waals surface area contributed by atoms with E-state index in [9.17, 15) is 0 Å². The van der Waals surface area contributed by atoms with Gasteiger partial charge in [-0.15, -0.1) is 0 Å². The Bertz CT molecular complexity index is 368. The second-order valence-corrected chi connectivity index (χ2v) is 5.62. The second kappa shape index (κ2) is 5.34. The van der Waals surface area contributed by atoms with Crippen molar-refractivity contribution in [3.63, 3.8) is 0 Å². The average Bonchev–Trinajstić information content (AvgIpc) is 2.18. The summed E-state index contributed by atoms with van der Waals surface area (Å²) in [5, 5.41) is 3.26. The highest BCUT2D eigenvalue weighted by Gasteiger charge is 2.17. The summed E-state index contributed by atoms with van der Waals surface area (Å²) < 4.78 is 0. The highest BCUT2D eigenvalue weighted by molar-refractivity contribution is 5.57. The SMILES string of the molecule is CCNc1ncnc(N(C)CC(C)(C)C)c1C. The molecule has 1 N–H and O–H groups in total. The van der Waals surface area contributed by atoms with Crippen LogP contribution in [0.4, 0.5) is 11.6 Å².